The Morgan fingerprint density at radius 3 is 2.53 bits per heavy atom. The van der Waals surface area contributed by atoms with Crippen molar-refractivity contribution in [2.24, 2.45) is 5.92 Å². The van der Waals surface area contributed by atoms with Crippen LogP contribution in [0.1, 0.15) is 41.0 Å². The third-order valence-corrected chi connectivity index (χ3v) is 2.95. The molecule has 1 amide bonds. The number of carbonyl (C=O) groups excluding carboxylic acids is 1. The van der Waals surface area contributed by atoms with Crippen molar-refractivity contribution in [1.29, 1.82) is 0 Å². The van der Waals surface area contributed by atoms with Crippen LogP contribution in [0.5, 0.6) is 0 Å². The zero-order valence-corrected chi connectivity index (χ0v) is 11.7. The Labute approximate surface area is 105 Å². The Bertz CT molecular complexity index is 254. The van der Waals surface area contributed by atoms with E-state index in [1.54, 1.807) is 0 Å². The maximum Gasteiger partial charge on any atom is 0.240 e. The van der Waals surface area contributed by atoms with Crippen molar-refractivity contribution in [2.45, 2.75) is 59.4 Å². The van der Waals surface area contributed by atoms with Crippen LogP contribution in [0.25, 0.3) is 0 Å². The van der Waals surface area contributed by atoms with E-state index in [1.807, 2.05) is 25.7 Å². The first-order valence-corrected chi connectivity index (χ1v) is 6.60. The summed E-state index contributed by atoms with van der Waals surface area (Å²) >= 11 is 0. The number of nitrogens with zero attached hydrogens (tertiary/aromatic N) is 1. The lowest BCUT2D eigenvalue weighted by Crippen LogP contribution is -2.40. The second-order valence-corrected chi connectivity index (χ2v) is 5.48. The molecule has 0 saturated carbocycles. The van der Waals surface area contributed by atoms with Gasteiger partial charge in [0.05, 0.1) is 24.9 Å². The molecule has 0 radical (unpaired) electrons. The lowest BCUT2D eigenvalue weighted by atomic mass is 10.1. The molecule has 1 rings (SSSR count). The van der Waals surface area contributed by atoms with Gasteiger partial charge < -0.3 is 9.64 Å². The van der Waals surface area contributed by atoms with Crippen LogP contribution >= 0.6 is 0 Å². The second-order valence-electron chi connectivity index (χ2n) is 5.48. The average Bonchev–Trinajstić information content (AvgIpc) is 2.44. The molecule has 100 valence electrons. The van der Waals surface area contributed by atoms with Crippen molar-refractivity contribution in [3.05, 3.63) is 0 Å². The smallest absolute Gasteiger partial charge is 0.240 e. The Morgan fingerprint density at radius 2 is 2.00 bits per heavy atom. The number of ether oxygens (including phenoxy) is 1. The van der Waals surface area contributed by atoms with Crippen molar-refractivity contribution in [3.8, 4) is 0 Å². The molecule has 1 saturated heterocycles. The number of nitrogens with one attached hydrogen (secondary N) is 1. The van der Waals surface area contributed by atoms with Gasteiger partial charge in [-0.1, -0.05) is 13.8 Å². The Hall–Kier alpha value is -0.610. The zero-order valence-electron chi connectivity index (χ0n) is 11.7. The van der Waals surface area contributed by atoms with Crippen molar-refractivity contribution in [1.82, 2.24) is 10.2 Å². The lowest BCUT2D eigenvalue weighted by Gasteiger charge is -2.25. The minimum absolute atomic E-state index is 0.0576. The van der Waals surface area contributed by atoms with E-state index in [9.17, 15) is 4.79 Å². The van der Waals surface area contributed by atoms with Crippen LogP contribution in [0.15, 0.2) is 0 Å². The Balaban J connectivity index is 2.48. The monoisotopic (exact) mass is 242 g/mol. The van der Waals surface area contributed by atoms with E-state index in [-0.39, 0.29) is 24.2 Å². The number of amides is 1. The van der Waals surface area contributed by atoms with Crippen LogP contribution in [0, 0.1) is 5.92 Å². The summed E-state index contributed by atoms with van der Waals surface area (Å²) in [4.78, 5) is 13.9. The Morgan fingerprint density at radius 1 is 1.35 bits per heavy atom. The van der Waals surface area contributed by atoms with Crippen molar-refractivity contribution in [3.63, 3.8) is 0 Å². The summed E-state index contributed by atoms with van der Waals surface area (Å²) in [6, 6.07) is -0.0576. The summed E-state index contributed by atoms with van der Waals surface area (Å²) in [6.45, 7) is 11.6. The number of hydrogen-bond donors (Lipinski definition) is 1. The van der Waals surface area contributed by atoms with Crippen LogP contribution in [-0.2, 0) is 9.53 Å². The van der Waals surface area contributed by atoms with Crippen molar-refractivity contribution < 1.29 is 9.53 Å². The number of rotatable bonds is 6. The normalized spacial score (nSPS) is 25.4. The molecule has 2 atom stereocenters. The first-order valence-electron chi connectivity index (χ1n) is 6.60. The highest BCUT2D eigenvalue weighted by Crippen LogP contribution is 2.17. The standard InChI is InChI=1S/C13H26N2O2/c1-9(2)8-12-14-11(5)13(16)15(12)6-7-17-10(3)4/h9-12,14H,6-8H2,1-5H3. The SMILES string of the molecule is CC(C)CC1NC(C)C(=O)N1CCOC(C)C. The summed E-state index contributed by atoms with van der Waals surface area (Å²) in [7, 11) is 0. The van der Waals surface area contributed by atoms with Gasteiger partial charge in [0.25, 0.3) is 0 Å². The molecular weight excluding hydrogens is 216 g/mol. The molecule has 4 nitrogen and oxygen atoms in total. The fourth-order valence-corrected chi connectivity index (χ4v) is 2.15. The molecule has 1 aliphatic heterocycles. The highest BCUT2D eigenvalue weighted by Gasteiger charge is 2.35. The third-order valence-electron chi connectivity index (χ3n) is 2.95. The summed E-state index contributed by atoms with van der Waals surface area (Å²) in [6.07, 6.45) is 1.40. The van der Waals surface area contributed by atoms with Gasteiger partial charge in [0, 0.05) is 6.54 Å². The molecular formula is C13H26N2O2. The average molecular weight is 242 g/mol. The van der Waals surface area contributed by atoms with E-state index in [0.717, 1.165) is 6.42 Å². The molecule has 2 unspecified atom stereocenters. The molecule has 4 heteroatoms. The summed E-state index contributed by atoms with van der Waals surface area (Å²) in [5.41, 5.74) is 0. The molecule has 0 spiro atoms. The fraction of sp³-hybridized carbons (Fsp3) is 0.923. The largest absolute Gasteiger partial charge is 0.377 e. The first-order chi connectivity index (χ1) is 7.91. The van der Waals surface area contributed by atoms with Gasteiger partial charge in [-0.15, -0.1) is 0 Å². The van der Waals surface area contributed by atoms with Crippen molar-refractivity contribution in [2.75, 3.05) is 13.2 Å². The van der Waals surface area contributed by atoms with Gasteiger partial charge in [0.1, 0.15) is 0 Å². The molecule has 1 aliphatic rings. The maximum atomic E-state index is 12.0. The predicted octanol–water partition coefficient (Wildman–Crippen LogP) is 1.60. The molecule has 0 aromatic carbocycles. The van der Waals surface area contributed by atoms with Gasteiger partial charge in [-0.3, -0.25) is 10.1 Å². The fourth-order valence-electron chi connectivity index (χ4n) is 2.15. The number of carbonyl (C=O) groups is 1. The van der Waals surface area contributed by atoms with Gasteiger partial charge in [0.15, 0.2) is 0 Å². The predicted molar refractivity (Wildman–Crippen MR) is 68.6 cm³/mol. The van der Waals surface area contributed by atoms with Gasteiger partial charge in [-0.05, 0) is 33.1 Å². The minimum atomic E-state index is -0.0576. The highest BCUT2D eigenvalue weighted by molar-refractivity contribution is 5.83. The topological polar surface area (TPSA) is 41.6 Å². The number of hydrogen-bond acceptors (Lipinski definition) is 3. The lowest BCUT2D eigenvalue weighted by molar-refractivity contribution is -0.130. The maximum absolute atomic E-state index is 12.0. The minimum Gasteiger partial charge on any atom is -0.377 e. The van der Waals surface area contributed by atoms with Gasteiger partial charge in [0.2, 0.25) is 5.91 Å². The summed E-state index contributed by atoms with van der Waals surface area (Å²) in [5.74, 6) is 0.780. The zero-order chi connectivity index (χ0) is 13.0. The quantitative estimate of drug-likeness (QED) is 0.769. The van der Waals surface area contributed by atoms with E-state index in [1.165, 1.54) is 0 Å². The van der Waals surface area contributed by atoms with E-state index >= 15 is 0 Å². The van der Waals surface area contributed by atoms with E-state index in [4.69, 9.17) is 4.74 Å². The van der Waals surface area contributed by atoms with Crippen LogP contribution in [0.2, 0.25) is 0 Å². The second kappa shape index (κ2) is 6.36. The van der Waals surface area contributed by atoms with Gasteiger partial charge >= 0.3 is 0 Å². The molecule has 0 aromatic rings. The molecule has 0 aliphatic carbocycles. The molecule has 0 bridgehead atoms. The van der Waals surface area contributed by atoms with Crippen LogP contribution in [0.3, 0.4) is 0 Å². The first kappa shape index (κ1) is 14.5. The summed E-state index contributed by atoms with van der Waals surface area (Å²) in [5, 5.41) is 3.34. The molecule has 1 fully saturated rings. The summed E-state index contributed by atoms with van der Waals surface area (Å²) < 4.78 is 5.52. The van der Waals surface area contributed by atoms with E-state index in [0.29, 0.717) is 19.1 Å². The van der Waals surface area contributed by atoms with Crippen LogP contribution in [-0.4, -0.2) is 42.3 Å². The van der Waals surface area contributed by atoms with Crippen LogP contribution in [0.4, 0.5) is 0 Å². The third kappa shape index (κ3) is 4.28. The van der Waals surface area contributed by atoms with Crippen LogP contribution < -0.4 is 5.32 Å². The molecule has 17 heavy (non-hydrogen) atoms. The molecule has 0 aromatic heterocycles. The van der Waals surface area contributed by atoms with E-state index < -0.39 is 0 Å². The van der Waals surface area contributed by atoms with Crippen molar-refractivity contribution >= 4 is 5.91 Å². The van der Waals surface area contributed by atoms with E-state index in [2.05, 4.69) is 19.2 Å². The Kier molecular flexibility index (Phi) is 5.40. The van der Waals surface area contributed by atoms with Gasteiger partial charge in [-0.2, -0.15) is 0 Å². The molecule has 1 N–H and O–H groups in total. The highest BCUT2D eigenvalue weighted by atomic mass is 16.5. The van der Waals surface area contributed by atoms with Gasteiger partial charge in [-0.25, -0.2) is 0 Å². The molecule has 1 heterocycles.